The van der Waals surface area contributed by atoms with Gasteiger partial charge in [0.15, 0.2) is 0 Å². The van der Waals surface area contributed by atoms with Crippen LogP contribution in [-0.4, -0.2) is 35.2 Å². The van der Waals surface area contributed by atoms with Crippen LogP contribution in [0.15, 0.2) is 85.2 Å². The molecule has 2 heterocycles. The summed E-state index contributed by atoms with van der Waals surface area (Å²) in [7, 11) is 0. The molecule has 1 aromatic heterocycles. The monoisotopic (exact) mass is 501 g/mol. The average Bonchev–Trinajstić information content (AvgIpc) is 3.43. The summed E-state index contributed by atoms with van der Waals surface area (Å²) in [5.41, 5.74) is 5.99. The van der Waals surface area contributed by atoms with Crippen LogP contribution in [0.2, 0.25) is 5.02 Å². The Morgan fingerprint density at radius 1 is 0.861 bits per heavy atom. The molecule has 7 nitrogen and oxygen atoms in total. The normalized spacial score (nSPS) is 13.9. The molecular formula is C28H28ClN5O2. The Balaban J connectivity index is 1.17. The molecule has 0 bridgehead atoms. The average molecular weight is 502 g/mol. The van der Waals surface area contributed by atoms with Crippen molar-refractivity contribution in [3.05, 3.63) is 95.8 Å². The number of hydrogen-bond acceptors (Lipinski definition) is 5. The number of nitrogens with one attached hydrogen (secondary N) is 4. The van der Waals surface area contributed by atoms with Crippen molar-refractivity contribution in [2.45, 2.75) is 18.9 Å². The van der Waals surface area contributed by atoms with E-state index >= 15 is 0 Å². The minimum atomic E-state index is -0.197. The molecule has 0 spiro atoms. The van der Waals surface area contributed by atoms with Crippen LogP contribution in [-0.2, 0) is 0 Å². The zero-order valence-electron chi connectivity index (χ0n) is 19.7. The fourth-order valence-corrected chi connectivity index (χ4v) is 4.43. The number of carbonyl (C=O) groups excluding carboxylic acids is 1. The predicted molar refractivity (Wildman–Crippen MR) is 147 cm³/mol. The van der Waals surface area contributed by atoms with Gasteiger partial charge in [-0.05, 0) is 85.6 Å². The number of halogens is 1. The van der Waals surface area contributed by atoms with Gasteiger partial charge in [0.25, 0.3) is 5.91 Å². The van der Waals surface area contributed by atoms with Crippen molar-refractivity contribution in [1.82, 2.24) is 4.98 Å². The molecule has 1 aliphatic rings. The fourth-order valence-electron chi connectivity index (χ4n) is 4.20. The van der Waals surface area contributed by atoms with Crippen molar-refractivity contribution in [3.8, 4) is 0 Å². The molecule has 0 atom stereocenters. The number of piperidine rings is 1. The molecule has 0 saturated carbocycles. The first-order valence-electron chi connectivity index (χ1n) is 11.9. The van der Waals surface area contributed by atoms with Crippen molar-refractivity contribution in [2.75, 3.05) is 33.9 Å². The van der Waals surface area contributed by atoms with E-state index in [0.29, 0.717) is 16.3 Å². The number of aliphatic hydroxyl groups excluding tert-OH is 1. The van der Waals surface area contributed by atoms with Crippen LogP contribution >= 0.6 is 11.6 Å². The molecule has 36 heavy (non-hydrogen) atoms. The minimum Gasteiger partial charge on any atom is -0.393 e. The van der Waals surface area contributed by atoms with Crippen LogP contribution in [0, 0.1) is 0 Å². The number of aromatic nitrogens is 1. The lowest BCUT2D eigenvalue weighted by Gasteiger charge is -2.31. The second-order valence-corrected chi connectivity index (χ2v) is 9.25. The molecule has 0 radical (unpaired) electrons. The fraction of sp³-hybridized carbons (Fsp3) is 0.179. The summed E-state index contributed by atoms with van der Waals surface area (Å²) in [5, 5.41) is 19.8. The van der Waals surface area contributed by atoms with Gasteiger partial charge >= 0.3 is 0 Å². The van der Waals surface area contributed by atoms with Gasteiger partial charge in [-0.3, -0.25) is 4.79 Å². The molecule has 1 amide bonds. The maximum Gasteiger partial charge on any atom is 0.257 e. The van der Waals surface area contributed by atoms with E-state index < -0.39 is 0 Å². The number of amides is 1. The Labute approximate surface area is 215 Å². The number of anilines is 6. The van der Waals surface area contributed by atoms with Gasteiger partial charge in [-0.1, -0.05) is 11.6 Å². The van der Waals surface area contributed by atoms with Gasteiger partial charge in [0.05, 0.1) is 22.4 Å². The lowest BCUT2D eigenvalue weighted by atomic mass is 10.1. The van der Waals surface area contributed by atoms with Crippen molar-refractivity contribution < 1.29 is 9.90 Å². The molecule has 5 N–H and O–H groups in total. The summed E-state index contributed by atoms with van der Waals surface area (Å²) in [4.78, 5) is 17.4. The lowest BCUT2D eigenvalue weighted by Crippen LogP contribution is -2.35. The van der Waals surface area contributed by atoms with Gasteiger partial charge < -0.3 is 30.9 Å². The van der Waals surface area contributed by atoms with Crippen molar-refractivity contribution in [3.63, 3.8) is 0 Å². The Morgan fingerprint density at radius 3 is 2.08 bits per heavy atom. The van der Waals surface area contributed by atoms with E-state index in [-0.39, 0.29) is 12.0 Å². The van der Waals surface area contributed by atoms with Crippen LogP contribution in [0.5, 0.6) is 0 Å². The predicted octanol–water partition coefficient (Wildman–Crippen LogP) is 6.37. The standard InChI is InChI=1S/C28H28ClN5O2/c29-26-17-23(33-28(36)19-11-14-30-18-19)7-10-27(26)32-22-3-1-20(2-4-22)31-21-5-8-24(9-6-21)34-15-12-25(35)13-16-34/h1-11,14,17-18,25,30-32,35H,12-13,15-16H2,(H,33,36). The zero-order chi connectivity index (χ0) is 24.9. The summed E-state index contributed by atoms with van der Waals surface area (Å²) < 4.78 is 0. The molecule has 4 aromatic rings. The van der Waals surface area contributed by atoms with Crippen LogP contribution < -0.4 is 20.9 Å². The van der Waals surface area contributed by atoms with E-state index in [1.165, 1.54) is 5.69 Å². The molecule has 184 valence electrons. The summed E-state index contributed by atoms with van der Waals surface area (Å²) in [6, 6.07) is 23.4. The van der Waals surface area contributed by atoms with Gasteiger partial charge in [-0.2, -0.15) is 0 Å². The smallest absolute Gasteiger partial charge is 0.257 e. The van der Waals surface area contributed by atoms with Gasteiger partial charge in [0, 0.05) is 53.9 Å². The van der Waals surface area contributed by atoms with Crippen LogP contribution in [0.4, 0.5) is 34.1 Å². The molecule has 8 heteroatoms. The molecule has 1 fully saturated rings. The number of nitrogens with zero attached hydrogens (tertiary/aromatic N) is 1. The number of aliphatic hydroxyl groups is 1. The number of hydrogen-bond donors (Lipinski definition) is 5. The Morgan fingerprint density at radius 2 is 1.47 bits per heavy atom. The molecule has 0 aliphatic carbocycles. The third-order valence-corrected chi connectivity index (χ3v) is 6.55. The van der Waals surface area contributed by atoms with Gasteiger partial charge in [0.2, 0.25) is 0 Å². The largest absolute Gasteiger partial charge is 0.393 e. The molecule has 3 aromatic carbocycles. The van der Waals surface area contributed by atoms with Crippen molar-refractivity contribution in [1.29, 1.82) is 0 Å². The maximum atomic E-state index is 12.2. The summed E-state index contributed by atoms with van der Waals surface area (Å²) >= 11 is 6.45. The van der Waals surface area contributed by atoms with E-state index in [0.717, 1.165) is 48.7 Å². The number of aromatic amines is 1. The number of carbonyl (C=O) groups is 1. The molecule has 1 saturated heterocycles. The highest BCUT2D eigenvalue weighted by Crippen LogP contribution is 2.30. The minimum absolute atomic E-state index is 0.169. The lowest BCUT2D eigenvalue weighted by molar-refractivity contribution is 0.102. The molecule has 5 rings (SSSR count). The Bertz CT molecular complexity index is 1300. The van der Waals surface area contributed by atoms with E-state index in [1.807, 2.05) is 36.4 Å². The quantitative estimate of drug-likeness (QED) is 0.203. The van der Waals surface area contributed by atoms with Crippen LogP contribution in [0.3, 0.4) is 0 Å². The Hall–Kier alpha value is -3.94. The highest BCUT2D eigenvalue weighted by molar-refractivity contribution is 6.33. The molecule has 1 aliphatic heterocycles. The topological polar surface area (TPSA) is 92.4 Å². The van der Waals surface area contributed by atoms with Gasteiger partial charge in [0.1, 0.15) is 0 Å². The van der Waals surface area contributed by atoms with E-state index in [4.69, 9.17) is 11.6 Å². The highest BCUT2D eigenvalue weighted by Gasteiger charge is 2.17. The SMILES string of the molecule is O=C(Nc1ccc(Nc2ccc(Nc3ccc(N4CCC(O)CC4)cc3)cc2)c(Cl)c1)c1cc[nH]c1. The Kier molecular flexibility index (Phi) is 7.11. The second kappa shape index (κ2) is 10.8. The van der Waals surface area contributed by atoms with E-state index in [9.17, 15) is 9.90 Å². The second-order valence-electron chi connectivity index (χ2n) is 8.84. The molecular weight excluding hydrogens is 474 g/mol. The van der Waals surface area contributed by atoms with Gasteiger partial charge in [-0.15, -0.1) is 0 Å². The van der Waals surface area contributed by atoms with E-state index in [1.54, 1.807) is 24.5 Å². The first kappa shape index (κ1) is 23.8. The first-order valence-corrected chi connectivity index (χ1v) is 12.3. The van der Waals surface area contributed by atoms with E-state index in [2.05, 4.69) is 50.1 Å². The van der Waals surface area contributed by atoms with Crippen LogP contribution in [0.1, 0.15) is 23.2 Å². The van der Waals surface area contributed by atoms with Crippen molar-refractivity contribution in [2.24, 2.45) is 0 Å². The first-order chi connectivity index (χ1) is 17.5. The maximum absolute atomic E-state index is 12.2. The summed E-state index contributed by atoms with van der Waals surface area (Å²) in [6.07, 6.45) is 4.82. The third-order valence-electron chi connectivity index (χ3n) is 6.24. The van der Waals surface area contributed by atoms with Crippen LogP contribution in [0.25, 0.3) is 0 Å². The summed E-state index contributed by atoms with van der Waals surface area (Å²) in [6.45, 7) is 1.77. The summed E-state index contributed by atoms with van der Waals surface area (Å²) in [5.74, 6) is -0.197. The van der Waals surface area contributed by atoms with Gasteiger partial charge in [-0.25, -0.2) is 0 Å². The number of benzene rings is 3. The third kappa shape index (κ3) is 5.82. The number of H-pyrrole nitrogens is 1. The number of rotatable bonds is 7. The molecule has 0 unspecified atom stereocenters. The zero-order valence-corrected chi connectivity index (χ0v) is 20.4. The highest BCUT2D eigenvalue weighted by atomic mass is 35.5. The van der Waals surface area contributed by atoms with Crippen molar-refractivity contribution >= 4 is 51.6 Å².